The summed E-state index contributed by atoms with van der Waals surface area (Å²) in [6.07, 6.45) is 8.85. The first-order valence-corrected chi connectivity index (χ1v) is 8.20. The van der Waals surface area contributed by atoms with E-state index in [0.717, 1.165) is 26.9 Å². The molecule has 3 aromatic rings. The minimum atomic E-state index is -0.0146. The zero-order valence-electron chi connectivity index (χ0n) is 12.2. The fourth-order valence-corrected chi connectivity index (χ4v) is 3.71. The maximum Gasteiger partial charge on any atom is 0.258 e. The standard InChI is InChI=1S/C18H18N2OS/c21-18-17-15(12-5-7-14(22)8-6-12)11-20(13-3-1-2-4-13)16(17)9-10-19-18/h5-11,13,22H,1-4H2,(H,19,21). The number of fused-ring (bicyclic) bond motifs is 1. The van der Waals surface area contributed by atoms with Gasteiger partial charge in [-0.3, -0.25) is 4.79 Å². The summed E-state index contributed by atoms with van der Waals surface area (Å²) in [5.74, 6) is 0. The second-order valence-electron chi connectivity index (χ2n) is 6.00. The Hall–Kier alpha value is -1.94. The van der Waals surface area contributed by atoms with Crippen molar-refractivity contribution in [3.63, 3.8) is 0 Å². The van der Waals surface area contributed by atoms with Gasteiger partial charge in [0.1, 0.15) is 0 Å². The van der Waals surface area contributed by atoms with Crippen molar-refractivity contribution in [1.29, 1.82) is 0 Å². The Kier molecular flexibility index (Phi) is 3.34. The van der Waals surface area contributed by atoms with Crippen molar-refractivity contribution in [3.05, 3.63) is 53.1 Å². The van der Waals surface area contributed by atoms with Crippen molar-refractivity contribution < 1.29 is 0 Å². The largest absolute Gasteiger partial charge is 0.344 e. The number of H-pyrrole nitrogens is 1. The second kappa shape index (κ2) is 5.36. The zero-order chi connectivity index (χ0) is 15.1. The quantitative estimate of drug-likeness (QED) is 0.676. The van der Waals surface area contributed by atoms with Crippen LogP contribution in [0.2, 0.25) is 0 Å². The number of rotatable bonds is 2. The molecule has 2 aromatic heterocycles. The molecular formula is C18H18N2OS. The number of benzene rings is 1. The van der Waals surface area contributed by atoms with Crippen molar-refractivity contribution in [2.45, 2.75) is 36.6 Å². The molecule has 0 atom stereocenters. The van der Waals surface area contributed by atoms with Gasteiger partial charge in [-0.25, -0.2) is 0 Å². The molecule has 1 aliphatic rings. The van der Waals surface area contributed by atoms with Crippen LogP contribution in [-0.2, 0) is 0 Å². The predicted molar refractivity (Wildman–Crippen MR) is 92.8 cm³/mol. The maximum absolute atomic E-state index is 12.4. The van der Waals surface area contributed by atoms with E-state index in [0.29, 0.717) is 6.04 Å². The van der Waals surface area contributed by atoms with Gasteiger partial charge in [0.25, 0.3) is 5.56 Å². The van der Waals surface area contributed by atoms with Crippen molar-refractivity contribution in [1.82, 2.24) is 9.55 Å². The zero-order valence-corrected chi connectivity index (χ0v) is 13.1. The average molecular weight is 310 g/mol. The van der Waals surface area contributed by atoms with Gasteiger partial charge in [-0.15, -0.1) is 12.6 Å². The van der Waals surface area contributed by atoms with E-state index in [1.54, 1.807) is 6.20 Å². The van der Waals surface area contributed by atoms with Gasteiger partial charge in [-0.05, 0) is 36.6 Å². The Morgan fingerprint density at radius 1 is 1.09 bits per heavy atom. The number of nitrogens with one attached hydrogen (secondary N) is 1. The van der Waals surface area contributed by atoms with E-state index in [-0.39, 0.29) is 5.56 Å². The Bertz CT molecular complexity index is 870. The number of aromatic nitrogens is 2. The summed E-state index contributed by atoms with van der Waals surface area (Å²) in [5, 5.41) is 0.793. The van der Waals surface area contributed by atoms with Crippen LogP contribution in [0.4, 0.5) is 0 Å². The van der Waals surface area contributed by atoms with E-state index in [9.17, 15) is 4.79 Å². The van der Waals surface area contributed by atoms with Gasteiger partial charge in [0, 0.05) is 28.9 Å². The number of pyridine rings is 1. The Labute approximate surface area is 134 Å². The summed E-state index contributed by atoms with van der Waals surface area (Å²) in [5.41, 5.74) is 3.10. The van der Waals surface area contributed by atoms with Crippen molar-refractivity contribution >= 4 is 23.5 Å². The highest BCUT2D eigenvalue weighted by Gasteiger charge is 2.21. The van der Waals surface area contributed by atoms with Crippen LogP contribution in [0.1, 0.15) is 31.7 Å². The van der Waals surface area contributed by atoms with Gasteiger partial charge < -0.3 is 9.55 Å². The molecule has 4 heteroatoms. The van der Waals surface area contributed by atoms with Crippen LogP contribution in [0.25, 0.3) is 22.0 Å². The third kappa shape index (κ3) is 2.18. The van der Waals surface area contributed by atoms with Gasteiger partial charge in [0.05, 0.1) is 10.9 Å². The maximum atomic E-state index is 12.4. The lowest BCUT2D eigenvalue weighted by Crippen LogP contribution is -2.07. The summed E-state index contributed by atoms with van der Waals surface area (Å²) in [6, 6.07) is 10.5. The summed E-state index contributed by atoms with van der Waals surface area (Å²) >= 11 is 4.34. The summed E-state index contributed by atoms with van der Waals surface area (Å²) in [6.45, 7) is 0. The lowest BCUT2D eigenvalue weighted by molar-refractivity contribution is 0.536. The van der Waals surface area contributed by atoms with Gasteiger partial charge in [0.15, 0.2) is 0 Å². The first kappa shape index (κ1) is 13.7. The lowest BCUT2D eigenvalue weighted by Gasteiger charge is -2.12. The number of hydrogen-bond donors (Lipinski definition) is 2. The van der Waals surface area contributed by atoms with Crippen LogP contribution < -0.4 is 5.56 Å². The third-order valence-corrected chi connectivity index (χ3v) is 4.95. The molecule has 0 amide bonds. The van der Waals surface area contributed by atoms with E-state index in [4.69, 9.17) is 0 Å². The molecule has 0 spiro atoms. The fraction of sp³-hybridized carbons (Fsp3) is 0.278. The van der Waals surface area contributed by atoms with Crippen LogP contribution in [0.15, 0.2) is 52.4 Å². The smallest absolute Gasteiger partial charge is 0.258 e. The third-order valence-electron chi connectivity index (χ3n) is 4.65. The van der Waals surface area contributed by atoms with Gasteiger partial charge >= 0.3 is 0 Å². The molecule has 3 nitrogen and oxygen atoms in total. The molecule has 22 heavy (non-hydrogen) atoms. The van der Waals surface area contributed by atoms with Gasteiger partial charge in [-0.2, -0.15) is 0 Å². The van der Waals surface area contributed by atoms with E-state index < -0.39 is 0 Å². The molecule has 0 aliphatic heterocycles. The highest BCUT2D eigenvalue weighted by molar-refractivity contribution is 7.80. The fourth-order valence-electron chi connectivity index (χ4n) is 3.56. The first-order chi connectivity index (χ1) is 10.7. The van der Waals surface area contributed by atoms with Crippen molar-refractivity contribution in [2.24, 2.45) is 0 Å². The number of aromatic amines is 1. The highest BCUT2D eigenvalue weighted by atomic mass is 32.1. The van der Waals surface area contributed by atoms with Crippen LogP contribution in [0, 0.1) is 0 Å². The van der Waals surface area contributed by atoms with Crippen molar-refractivity contribution in [2.75, 3.05) is 0 Å². The molecule has 0 unspecified atom stereocenters. The van der Waals surface area contributed by atoms with Crippen LogP contribution in [0.3, 0.4) is 0 Å². The van der Waals surface area contributed by atoms with E-state index in [1.165, 1.54) is 25.7 Å². The van der Waals surface area contributed by atoms with E-state index in [2.05, 4.69) is 28.4 Å². The molecule has 0 bridgehead atoms. The Balaban J connectivity index is 1.98. The highest BCUT2D eigenvalue weighted by Crippen LogP contribution is 2.36. The minimum absolute atomic E-state index is 0.0146. The molecule has 112 valence electrons. The Morgan fingerprint density at radius 2 is 1.82 bits per heavy atom. The molecule has 1 saturated carbocycles. The van der Waals surface area contributed by atoms with Crippen molar-refractivity contribution in [3.8, 4) is 11.1 Å². The number of hydrogen-bond acceptors (Lipinski definition) is 2. The summed E-state index contributed by atoms with van der Waals surface area (Å²) < 4.78 is 2.31. The minimum Gasteiger partial charge on any atom is -0.344 e. The molecule has 1 N–H and O–H groups in total. The Morgan fingerprint density at radius 3 is 2.55 bits per heavy atom. The SMILES string of the molecule is O=c1[nH]ccc2c1c(-c1ccc(S)cc1)cn2C1CCCC1. The average Bonchev–Trinajstić information content (AvgIpc) is 3.15. The van der Waals surface area contributed by atoms with Crippen LogP contribution in [0.5, 0.6) is 0 Å². The molecule has 1 aromatic carbocycles. The predicted octanol–water partition coefficient (Wildman–Crippen LogP) is 4.40. The second-order valence-corrected chi connectivity index (χ2v) is 6.52. The summed E-state index contributed by atoms with van der Waals surface area (Å²) in [7, 11) is 0. The number of nitrogens with zero attached hydrogens (tertiary/aromatic N) is 1. The van der Waals surface area contributed by atoms with E-state index >= 15 is 0 Å². The summed E-state index contributed by atoms with van der Waals surface area (Å²) in [4.78, 5) is 16.1. The molecule has 4 rings (SSSR count). The van der Waals surface area contributed by atoms with Gasteiger partial charge in [-0.1, -0.05) is 25.0 Å². The van der Waals surface area contributed by atoms with E-state index in [1.807, 2.05) is 30.3 Å². The topological polar surface area (TPSA) is 37.8 Å². The molecule has 2 heterocycles. The molecule has 1 fully saturated rings. The molecule has 1 aliphatic carbocycles. The normalized spacial score (nSPS) is 15.7. The monoisotopic (exact) mass is 310 g/mol. The lowest BCUT2D eigenvalue weighted by atomic mass is 10.1. The molecule has 0 saturated heterocycles. The molecular weight excluding hydrogens is 292 g/mol. The van der Waals surface area contributed by atoms with Gasteiger partial charge in [0.2, 0.25) is 0 Å². The number of thiol groups is 1. The van der Waals surface area contributed by atoms with Crippen LogP contribution in [-0.4, -0.2) is 9.55 Å². The molecule has 0 radical (unpaired) electrons. The van der Waals surface area contributed by atoms with Crippen LogP contribution >= 0.6 is 12.6 Å². The first-order valence-electron chi connectivity index (χ1n) is 7.75.